The normalized spacial score (nSPS) is 17.9. The molecule has 0 aromatic carbocycles. The van der Waals surface area contributed by atoms with Crippen molar-refractivity contribution in [2.45, 2.75) is 18.9 Å². The van der Waals surface area contributed by atoms with Crippen molar-refractivity contribution in [2.24, 2.45) is 0 Å². The maximum atomic E-state index is 10.9. The fourth-order valence-corrected chi connectivity index (χ4v) is 1.87. The molecule has 17 heavy (non-hydrogen) atoms. The summed E-state index contributed by atoms with van der Waals surface area (Å²) in [5, 5.41) is 4.70. The zero-order valence-electron chi connectivity index (χ0n) is 10.0. The van der Waals surface area contributed by atoms with Crippen molar-refractivity contribution in [1.29, 1.82) is 0 Å². The van der Waals surface area contributed by atoms with Crippen LogP contribution in [0.3, 0.4) is 0 Å². The summed E-state index contributed by atoms with van der Waals surface area (Å²) in [4.78, 5) is 31.0. The molecule has 1 atom stereocenters. The number of thioether (sulfide) groups is 2. The Morgan fingerprint density at radius 2 is 1.88 bits per heavy atom. The van der Waals surface area contributed by atoms with E-state index >= 15 is 0 Å². The first-order valence-electron chi connectivity index (χ1n) is 5.18. The van der Waals surface area contributed by atoms with Gasteiger partial charge in [-0.3, -0.25) is 10.1 Å². The van der Waals surface area contributed by atoms with Gasteiger partial charge in [-0.1, -0.05) is 0 Å². The predicted octanol–water partition coefficient (Wildman–Crippen LogP) is 0.886. The van der Waals surface area contributed by atoms with Crippen molar-refractivity contribution < 1.29 is 14.4 Å². The van der Waals surface area contributed by atoms with Gasteiger partial charge in [-0.05, 0) is 30.4 Å². The highest BCUT2D eigenvalue weighted by atomic mass is 32.2. The Labute approximate surface area is 110 Å². The van der Waals surface area contributed by atoms with Crippen LogP contribution in [0.1, 0.15) is 12.8 Å². The molecule has 3 amide bonds. The minimum Gasteiger partial charge on any atom is -0.326 e. The van der Waals surface area contributed by atoms with E-state index in [1.807, 2.05) is 12.5 Å². The molecule has 7 heteroatoms. The molecule has 2 N–H and O–H groups in total. The Kier molecular flexibility index (Phi) is 10.0. The standard InChI is InChI=1S/C6H10N2O2S.C4H8OS/c1-11-3-2-4-5(9)8-6(10)7-4;1-6-4-2-3-5/h4H,2-3H2,1H3,(H2,7,8,9,10);3H,2,4H2,1H3. The van der Waals surface area contributed by atoms with Crippen molar-refractivity contribution in [1.82, 2.24) is 10.6 Å². The van der Waals surface area contributed by atoms with Crippen molar-refractivity contribution >= 4 is 41.7 Å². The fraction of sp³-hybridized carbons (Fsp3) is 0.700. The van der Waals surface area contributed by atoms with Gasteiger partial charge >= 0.3 is 6.03 Å². The van der Waals surface area contributed by atoms with E-state index in [1.54, 1.807) is 23.5 Å². The third-order valence-corrected chi connectivity index (χ3v) is 3.20. The summed E-state index contributed by atoms with van der Waals surface area (Å²) in [6.07, 6.45) is 6.30. The van der Waals surface area contributed by atoms with E-state index in [0.29, 0.717) is 12.8 Å². The summed E-state index contributed by atoms with van der Waals surface area (Å²) < 4.78 is 0. The molecule has 5 nitrogen and oxygen atoms in total. The molecule has 0 aromatic rings. The van der Waals surface area contributed by atoms with Gasteiger partial charge in [0.25, 0.3) is 5.91 Å². The number of nitrogens with one attached hydrogen (secondary N) is 2. The van der Waals surface area contributed by atoms with E-state index < -0.39 is 0 Å². The Hall–Kier alpha value is -0.690. The minimum absolute atomic E-state index is 0.205. The molecule has 1 fully saturated rings. The highest BCUT2D eigenvalue weighted by Gasteiger charge is 2.28. The van der Waals surface area contributed by atoms with Gasteiger partial charge in [-0.25, -0.2) is 4.79 Å². The molecular weight excluding hydrogens is 260 g/mol. The third kappa shape index (κ3) is 8.09. The average Bonchev–Trinajstić information content (AvgIpc) is 2.63. The fourth-order valence-electron chi connectivity index (χ4n) is 1.06. The van der Waals surface area contributed by atoms with Gasteiger partial charge < -0.3 is 10.1 Å². The smallest absolute Gasteiger partial charge is 0.322 e. The molecule has 0 spiro atoms. The number of hydrogen-bond donors (Lipinski definition) is 2. The van der Waals surface area contributed by atoms with Crippen molar-refractivity contribution in [3.05, 3.63) is 0 Å². The lowest BCUT2D eigenvalue weighted by molar-refractivity contribution is -0.120. The predicted molar refractivity (Wildman–Crippen MR) is 72.5 cm³/mol. The monoisotopic (exact) mass is 278 g/mol. The number of hydrogen-bond acceptors (Lipinski definition) is 5. The second-order valence-electron chi connectivity index (χ2n) is 3.24. The highest BCUT2D eigenvalue weighted by Crippen LogP contribution is 2.03. The van der Waals surface area contributed by atoms with Gasteiger partial charge in [0, 0.05) is 6.42 Å². The van der Waals surface area contributed by atoms with Gasteiger partial charge in [-0.15, -0.1) is 0 Å². The van der Waals surface area contributed by atoms with Crippen LogP contribution in [0.25, 0.3) is 0 Å². The molecule has 1 aliphatic rings. The number of aldehydes is 1. The van der Waals surface area contributed by atoms with Gasteiger partial charge in [0.05, 0.1) is 0 Å². The van der Waals surface area contributed by atoms with E-state index in [1.165, 1.54) is 0 Å². The first-order valence-corrected chi connectivity index (χ1v) is 7.97. The summed E-state index contributed by atoms with van der Waals surface area (Å²) in [5.41, 5.74) is 0. The minimum atomic E-state index is -0.374. The third-order valence-electron chi connectivity index (χ3n) is 1.91. The van der Waals surface area contributed by atoms with Crippen molar-refractivity contribution in [3.63, 3.8) is 0 Å². The van der Waals surface area contributed by atoms with Gasteiger partial charge in [0.2, 0.25) is 0 Å². The molecule has 0 bridgehead atoms. The largest absolute Gasteiger partial charge is 0.326 e. The second-order valence-corrected chi connectivity index (χ2v) is 5.22. The maximum absolute atomic E-state index is 10.9. The number of carbonyl (C=O) groups is 3. The zero-order valence-corrected chi connectivity index (χ0v) is 11.7. The molecule has 1 rings (SSSR count). The molecule has 1 aliphatic heterocycles. The Balaban J connectivity index is 0.000000366. The number of carbonyl (C=O) groups excluding carboxylic acids is 3. The summed E-state index contributed by atoms with van der Waals surface area (Å²) in [7, 11) is 0. The average molecular weight is 278 g/mol. The van der Waals surface area contributed by atoms with E-state index in [-0.39, 0.29) is 18.0 Å². The van der Waals surface area contributed by atoms with Crippen LogP contribution in [-0.4, -0.2) is 48.3 Å². The van der Waals surface area contributed by atoms with Crippen LogP contribution in [0.15, 0.2) is 0 Å². The molecule has 0 aromatic heterocycles. The van der Waals surface area contributed by atoms with Gasteiger partial charge in [-0.2, -0.15) is 23.5 Å². The van der Waals surface area contributed by atoms with E-state index in [0.717, 1.165) is 17.8 Å². The highest BCUT2D eigenvalue weighted by molar-refractivity contribution is 7.98. The first-order chi connectivity index (χ1) is 8.15. The molecular formula is C10H18N2O3S2. The molecule has 0 saturated carbocycles. The van der Waals surface area contributed by atoms with Crippen LogP contribution in [0.5, 0.6) is 0 Å². The van der Waals surface area contributed by atoms with Gasteiger partial charge in [0.15, 0.2) is 0 Å². The van der Waals surface area contributed by atoms with E-state index in [4.69, 9.17) is 0 Å². The second kappa shape index (κ2) is 10.5. The zero-order chi connectivity index (χ0) is 13.1. The van der Waals surface area contributed by atoms with E-state index in [9.17, 15) is 14.4 Å². The molecule has 98 valence electrons. The topological polar surface area (TPSA) is 75.3 Å². The van der Waals surface area contributed by atoms with Crippen LogP contribution in [-0.2, 0) is 9.59 Å². The summed E-state index contributed by atoms with van der Waals surface area (Å²) in [5.74, 6) is 1.64. The Bertz CT molecular complexity index is 262. The lowest BCUT2D eigenvalue weighted by Gasteiger charge is -2.03. The summed E-state index contributed by atoms with van der Waals surface area (Å²) >= 11 is 3.36. The number of rotatable bonds is 6. The summed E-state index contributed by atoms with van der Waals surface area (Å²) in [6, 6.07) is -0.684. The molecule has 1 unspecified atom stereocenters. The van der Waals surface area contributed by atoms with Crippen LogP contribution in [0.2, 0.25) is 0 Å². The van der Waals surface area contributed by atoms with Crippen molar-refractivity contribution in [3.8, 4) is 0 Å². The van der Waals surface area contributed by atoms with Crippen LogP contribution in [0, 0.1) is 0 Å². The maximum Gasteiger partial charge on any atom is 0.322 e. The number of urea groups is 1. The summed E-state index contributed by atoms with van der Waals surface area (Å²) in [6.45, 7) is 0. The lowest BCUT2D eigenvalue weighted by Crippen LogP contribution is -2.29. The van der Waals surface area contributed by atoms with Crippen LogP contribution >= 0.6 is 23.5 Å². The van der Waals surface area contributed by atoms with Gasteiger partial charge in [0.1, 0.15) is 12.3 Å². The molecule has 0 radical (unpaired) electrons. The van der Waals surface area contributed by atoms with E-state index in [2.05, 4.69) is 10.6 Å². The number of amides is 3. The Morgan fingerprint density at radius 1 is 1.24 bits per heavy atom. The SMILES string of the molecule is CSCCC1NC(=O)NC1=O.CSCCC=O. The molecule has 1 saturated heterocycles. The molecule has 1 heterocycles. The molecule has 0 aliphatic carbocycles. The van der Waals surface area contributed by atoms with Crippen molar-refractivity contribution in [2.75, 3.05) is 24.0 Å². The first kappa shape index (κ1) is 16.3. The number of imide groups is 1. The lowest BCUT2D eigenvalue weighted by atomic mass is 10.2. The Morgan fingerprint density at radius 3 is 2.24 bits per heavy atom. The quantitative estimate of drug-likeness (QED) is 0.429. The van der Waals surface area contributed by atoms with Crippen LogP contribution < -0.4 is 10.6 Å². The van der Waals surface area contributed by atoms with Crippen LogP contribution in [0.4, 0.5) is 4.79 Å².